The topological polar surface area (TPSA) is 52.6 Å². The Morgan fingerprint density at radius 1 is 1.29 bits per heavy atom. The Labute approximate surface area is 126 Å². The van der Waals surface area contributed by atoms with E-state index in [1.807, 2.05) is 23.0 Å². The van der Waals surface area contributed by atoms with Crippen LogP contribution in [0.4, 0.5) is 0 Å². The van der Waals surface area contributed by atoms with Gasteiger partial charge in [-0.1, -0.05) is 0 Å². The highest BCUT2D eigenvalue weighted by molar-refractivity contribution is 7.07. The summed E-state index contributed by atoms with van der Waals surface area (Å²) in [5.41, 5.74) is 3.86. The van der Waals surface area contributed by atoms with Crippen molar-refractivity contribution in [2.75, 3.05) is 6.79 Å². The fourth-order valence-corrected chi connectivity index (χ4v) is 2.78. The third-order valence-electron chi connectivity index (χ3n) is 3.57. The number of nitrogens with zero attached hydrogens (tertiary/aromatic N) is 1. The van der Waals surface area contributed by atoms with Crippen LogP contribution in [0.25, 0.3) is 0 Å². The van der Waals surface area contributed by atoms with Crippen LogP contribution in [0, 0.1) is 0 Å². The van der Waals surface area contributed by atoms with Crippen LogP contribution in [0.3, 0.4) is 0 Å². The zero-order valence-corrected chi connectivity index (χ0v) is 12.3. The van der Waals surface area contributed by atoms with Crippen LogP contribution in [0.15, 0.2) is 23.0 Å². The van der Waals surface area contributed by atoms with Gasteiger partial charge in [0.15, 0.2) is 11.5 Å². The van der Waals surface area contributed by atoms with Crippen LogP contribution in [-0.4, -0.2) is 17.8 Å². The van der Waals surface area contributed by atoms with Gasteiger partial charge in [0.1, 0.15) is 12.4 Å². The van der Waals surface area contributed by atoms with Gasteiger partial charge >= 0.3 is 0 Å². The molecule has 4 rings (SSSR count). The number of thiazole rings is 1. The number of nitrogens with one attached hydrogen (secondary N) is 1. The highest BCUT2D eigenvalue weighted by Crippen LogP contribution is 2.38. The molecule has 1 aromatic carbocycles. The third-order valence-corrected chi connectivity index (χ3v) is 4.21. The minimum absolute atomic E-state index is 0.278. The number of hydrogen-bond acceptors (Lipinski definition) is 6. The second-order valence-corrected chi connectivity index (χ2v) is 5.96. The van der Waals surface area contributed by atoms with Crippen molar-refractivity contribution in [3.63, 3.8) is 0 Å². The predicted molar refractivity (Wildman–Crippen MR) is 78.9 cm³/mol. The molecule has 1 aromatic heterocycles. The summed E-state index contributed by atoms with van der Waals surface area (Å²) in [5.74, 6) is 2.38. The lowest BCUT2D eigenvalue weighted by Gasteiger charge is -2.12. The fourth-order valence-electron chi connectivity index (χ4n) is 2.24. The minimum atomic E-state index is 0.278. The van der Waals surface area contributed by atoms with E-state index in [-0.39, 0.29) is 6.79 Å². The Kier molecular flexibility index (Phi) is 3.40. The molecule has 1 saturated carbocycles. The molecule has 0 bridgehead atoms. The van der Waals surface area contributed by atoms with Gasteiger partial charge in [0.05, 0.1) is 11.2 Å². The van der Waals surface area contributed by atoms with Crippen molar-refractivity contribution in [2.45, 2.75) is 32.0 Å². The minimum Gasteiger partial charge on any atom is -0.487 e. The molecule has 0 saturated heterocycles. The molecule has 0 atom stereocenters. The first kappa shape index (κ1) is 12.9. The molecule has 5 nitrogen and oxygen atoms in total. The predicted octanol–water partition coefficient (Wildman–Crippen LogP) is 2.70. The second-order valence-electron chi connectivity index (χ2n) is 5.24. The van der Waals surface area contributed by atoms with Gasteiger partial charge in [-0.3, -0.25) is 0 Å². The van der Waals surface area contributed by atoms with Crippen LogP contribution >= 0.6 is 11.3 Å². The summed E-state index contributed by atoms with van der Waals surface area (Å²) in [5, 5.41) is 5.50. The Bertz CT molecular complexity index is 626. The van der Waals surface area contributed by atoms with E-state index in [2.05, 4.69) is 10.3 Å². The fraction of sp³-hybridized carbons (Fsp3) is 0.400. The molecule has 0 radical (unpaired) electrons. The summed E-state index contributed by atoms with van der Waals surface area (Å²) < 4.78 is 16.8. The van der Waals surface area contributed by atoms with Gasteiger partial charge in [0.25, 0.3) is 0 Å². The molecule has 6 heteroatoms. The van der Waals surface area contributed by atoms with Crippen molar-refractivity contribution in [2.24, 2.45) is 0 Å². The Hall–Kier alpha value is -1.79. The van der Waals surface area contributed by atoms with Crippen molar-refractivity contribution in [1.82, 2.24) is 10.3 Å². The van der Waals surface area contributed by atoms with E-state index >= 15 is 0 Å². The third kappa shape index (κ3) is 2.96. The Morgan fingerprint density at radius 3 is 2.90 bits per heavy atom. The first-order valence-electron chi connectivity index (χ1n) is 7.04. The molecule has 2 aromatic rings. The monoisotopic (exact) mass is 304 g/mol. The van der Waals surface area contributed by atoms with Gasteiger partial charge in [-0.25, -0.2) is 4.98 Å². The SMILES string of the molecule is c1nc(COc2cc3c(cc2CNC2CC2)OCO3)cs1. The molecule has 1 aliphatic heterocycles. The van der Waals surface area contributed by atoms with Crippen LogP contribution < -0.4 is 19.5 Å². The largest absolute Gasteiger partial charge is 0.487 e. The molecule has 0 spiro atoms. The molecule has 2 aliphatic rings. The zero-order valence-electron chi connectivity index (χ0n) is 11.5. The Morgan fingerprint density at radius 2 is 2.14 bits per heavy atom. The van der Waals surface area contributed by atoms with Crippen molar-refractivity contribution in [3.8, 4) is 17.2 Å². The number of aromatic nitrogens is 1. The van der Waals surface area contributed by atoms with E-state index in [1.54, 1.807) is 11.3 Å². The smallest absolute Gasteiger partial charge is 0.231 e. The van der Waals surface area contributed by atoms with Crippen LogP contribution in [0.5, 0.6) is 17.2 Å². The lowest BCUT2D eigenvalue weighted by atomic mass is 10.1. The van der Waals surface area contributed by atoms with Gasteiger partial charge in [-0.2, -0.15) is 0 Å². The summed E-state index contributed by atoms with van der Waals surface area (Å²) in [6.07, 6.45) is 2.53. The number of hydrogen-bond donors (Lipinski definition) is 1. The van der Waals surface area contributed by atoms with E-state index in [0.29, 0.717) is 12.6 Å². The van der Waals surface area contributed by atoms with E-state index in [9.17, 15) is 0 Å². The maximum absolute atomic E-state index is 5.93. The number of fused-ring (bicyclic) bond motifs is 1. The first-order chi connectivity index (χ1) is 10.4. The van der Waals surface area contributed by atoms with Crippen LogP contribution in [0.2, 0.25) is 0 Å². The molecule has 2 heterocycles. The maximum Gasteiger partial charge on any atom is 0.231 e. The second kappa shape index (κ2) is 5.54. The number of ether oxygens (including phenoxy) is 3. The molecule has 1 fully saturated rings. The molecule has 0 unspecified atom stereocenters. The van der Waals surface area contributed by atoms with Gasteiger partial charge in [-0.15, -0.1) is 11.3 Å². The normalized spacial score (nSPS) is 16.2. The number of rotatable bonds is 6. The van der Waals surface area contributed by atoms with Gasteiger partial charge in [0, 0.05) is 29.6 Å². The van der Waals surface area contributed by atoms with Crippen LogP contribution in [-0.2, 0) is 13.2 Å². The van der Waals surface area contributed by atoms with Gasteiger partial charge in [0.2, 0.25) is 6.79 Å². The molecule has 0 amide bonds. The lowest BCUT2D eigenvalue weighted by molar-refractivity contribution is 0.173. The van der Waals surface area contributed by atoms with E-state index in [1.165, 1.54) is 12.8 Å². The standard InChI is InChI=1S/C15H16N2O3S/c1-2-11(1)16-5-10-3-14-15(20-9-19-14)4-13(10)18-6-12-7-21-8-17-12/h3-4,7-8,11,16H,1-2,5-6,9H2. The van der Waals surface area contributed by atoms with Gasteiger partial charge in [-0.05, 0) is 18.9 Å². The van der Waals surface area contributed by atoms with E-state index in [0.717, 1.165) is 35.1 Å². The lowest BCUT2D eigenvalue weighted by Crippen LogP contribution is -2.16. The first-order valence-corrected chi connectivity index (χ1v) is 7.98. The average molecular weight is 304 g/mol. The molecule has 1 N–H and O–H groups in total. The van der Waals surface area contributed by atoms with Crippen molar-refractivity contribution in [1.29, 1.82) is 0 Å². The summed E-state index contributed by atoms with van der Waals surface area (Å²) in [6, 6.07) is 4.58. The summed E-state index contributed by atoms with van der Waals surface area (Å²) >= 11 is 1.57. The summed E-state index contributed by atoms with van der Waals surface area (Å²) in [6.45, 7) is 1.54. The maximum atomic E-state index is 5.93. The molecular weight excluding hydrogens is 288 g/mol. The zero-order chi connectivity index (χ0) is 14.1. The van der Waals surface area contributed by atoms with Crippen LogP contribution in [0.1, 0.15) is 24.1 Å². The molecule has 1 aliphatic carbocycles. The highest BCUT2D eigenvalue weighted by Gasteiger charge is 2.23. The molecular formula is C15H16N2O3S. The Balaban J connectivity index is 1.53. The van der Waals surface area contributed by atoms with E-state index in [4.69, 9.17) is 14.2 Å². The quantitative estimate of drug-likeness (QED) is 0.889. The number of benzene rings is 1. The molecule has 110 valence electrons. The highest BCUT2D eigenvalue weighted by atomic mass is 32.1. The summed E-state index contributed by atoms with van der Waals surface area (Å²) in [7, 11) is 0. The summed E-state index contributed by atoms with van der Waals surface area (Å²) in [4.78, 5) is 4.24. The van der Waals surface area contributed by atoms with Crippen molar-refractivity contribution in [3.05, 3.63) is 34.3 Å². The van der Waals surface area contributed by atoms with E-state index < -0.39 is 0 Å². The van der Waals surface area contributed by atoms with Gasteiger partial charge < -0.3 is 19.5 Å². The van der Waals surface area contributed by atoms with Crippen molar-refractivity contribution >= 4 is 11.3 Å². The van der Waals surface area contributed by atoms with Crippen molar-refractivity contribution < 1.29 is 14.2 Å². The average Bonchev–Trinajstić information content (AvgIpc) is 3.00. The molecule has 21 heavy (non-hydrogen) atoms.